The summed E-state index contributed by atoms with van der Waals surface area (Å²) < 4.78 is 22.3. The SMILES string of the molecule is CS(=O)(=O)CCCN1C(=O)CNC(=O)C12CCCC2. The predicted octanol–water partition coefficient (Wildman–Crippen LogP) is -0.308. The Hall–Kier alpha value is -1.11. The highest BCUT2D eigenvalue weighted by Gasteiger charge is 2.50. The van der Waals surface area contributed by atoms with Crippen molar-refractivity contribution in [3.63, 3.8) is 0 Å². The molecule has 0 aromatic rings. The first-order valence-corrected chi connectivity index (χ1v) is 8.68. The molecule has 0 atom stereocenters. The van der Waals surface area contributed by atoms with Gasteiger partial charge in [0.15, 0.2) is 0 Å². The van der Waals surface area contributed by atoms with E-state index in [-0.39, 0.29) is 24.1 Å². The van der Waals surface area contributed by atoms with E-state index in [0.29, 0.717) is 25.8 Å². The van der Waals surface area contributed by atoms with Crippen LogP contribution in [-0.4, -0.2) is 55.8 Å². The van der Waals surface area contributed by atoms with Crippen molar-refractivity contribution in [2.75, 3.05) is 25.1 Å². The van der Waals surface area contributed by atoms with Gasteiger partial charge in [0.25, 0.3) is 0 Å². The summed E-state index contributed by atoms with van der Waals surface area (Å²) >= 11 is 0. The van der Waals surface area contributed by atoms with Gasteiger partial charge < -0.3 is 10.2 Å². The van der Waals surface area contributed by atoms with Crippen LogP contribution in [0.4, 0.5) is 0 Å². The Kier molecular flexibility index (Phi) is 3.85. The van der Waals surface area contributed by atoms with E-state index >= 15 is 0 Å². The summed E-state index contributed by atoms with van der Waals surface area (Å²) in [6, 6.07) is 0. The maximum absolute atomic E-state index is 12.1. The van der Waals surface area contributed by atoms with E-state index in [0.717, 1.165) is 12.8 Å². The molecule has 1 spiro atoms. The first-order chi connectivity index (χ1) is 8.85. The minimum Gasteiger partial charge on any atom is -0.345 e. The number of hydrogen-bond donors (Lipinski definition) is 1. The summed E-state index contributed by atoms with van der Waals surface area (Å²) in [7, 11) is -3.03. The van der Waals surface area contributed by atoms with Crippen LogP contribution in [-0.2, 0) is 19.4 Å². The second-order valence-corrected chi connectivity index (χ2v) is 7.71. The van der Waals surface area contributed by atoms with Crippen LogP contribution in [0.15, 0.2) is 0 Å². The maximum atomic E-state index is 12.1. The van der Waals surface area contributed by atoms with Gasteiger partial charge in [-0.2, -0.15) is 0 Å². The number of amides is 2. The molecule has 0 radical (unpaired) electrons. The van der Waals surface area contributed by atoms with Gasteiger partial charge in [-0.1, -0.05) is 12.8 Å². The molecule has 0 bridgehead atoms. The molecular formula is C12H20N2O4S. The third-order valence-corrected chi connectivity index (χ3v) is 5.00. The van der Waals surface area contributed by atoms with Crippen molar-refractivity contribution >= 4 is 21.7 Å². The molecule has 1 aliphatic heterocycles. The second-order valence-electron chi connectivity index (χ2n) is 5.45. The summed E-state index contributed by atoms with van der Waals surface area (Å²) in [6.07, 6.45) is 4.81. The van der Waals surface area contributed by atoms with Gasteiger partial charge in [0.2, 0.25) is 11.8 Å². The molecule has 1 saturated carbocycles. The number of hydrogen-bond acceptors (Lipinski definition) is 4. The van der Waals surface area contributed by atoms with E-state index in [9.17, 15) is 18.0 Å². The summed E-state index contributed by atoms with van der Waals surface area (Å²) in [5, 5.41) is 2.65. The maximum Gasteiger partial charge on any atom is 0.246 e. The van der Waals surface area contributed by atoms with Crippen molar-refractivity contribution in [3.05, 3.63) is 0 Å². The Balaban J connectivity index is 2.09. The fourth-order valence-electron chi connectivity index (χ4n) is 3.06. The van der Waals surface area contributed by atoms with Crippen LogP contribution >= 0.6 is 0 Å². The molecule has 0 aromatic carbocycles. The van der Waals surface area contributed by atoms with Crippen LogP contribution in [0.2, 0.25) is 0 Å². The van der Waals surface area contributed by atoms with Crippen molar-refractivity contribution < 1.29 is 18.0 Å². The van der Waals surface area contributed by atoms with Crippen LogP contribution in [0.5, 0.6) is 0 Å². The third kappa shape index (κ3) is 2.91. The van der Waals surface area contributed by atoms with Crippen LogP contribution in [0.25, 0.3) is 0 Å². The summed E-state index contributed by atoms with van der Waals surface area (Å²) in [5.74, 6) is -0.131. The van der Waals surface area contributed by atoms with Crippen molar-refractivity contribution in [2.24, 2.45) is 0 Å². The minimum atomic E-state index is -3.03. The number of nitrogens with zero attached hydrogens (tertiary/aromatic N) is 1. The molecule has 6 nitrogen and oxygen atoms in total. The van der Waals surface area contributed by atoms with Gasteiger partial charge in [0, 0.05) is 12.8 Å². The zero-order valence-corrected chi connectivity index (χ0v) is 12.0. The normalized spacial score (nSPS) is 22.9. The van der Waals surface area contributed by atoms with E-state index in [4.69, 9.17) is 0 Å². The van der Waals surface area contributed by atoms with Gasteiger partial charge in [-0.05, 0) is 19.3 Å². The summed E-state index contributed by atoms with van der Waals surface area (Å²) in [6.45, 7) is 0.374. The highest BCUT2D eigenvalue weighted by atomic mass is 32.2. The van der Waals surface area contributed by atoms with E-state index in [1.807, 2.05) is 0 Å². The number of sulfone groups is 1. The van der Waals surface area contributed by atoms with Crippen LogP contribution in [0.1, 0.15) is 32.1 Å². The number of carbonyl (C=O) groups is 2. The molecule has 2 fully saturated rings. The van der Waals surface area contributed by atoms with Crippen molar-refractivity contribution in [1.82, 2.24) is 10.2 Å². The number of carbonyl (C=O) groups excluding carboxylic acids is 2. The summed E-state index contributed by atoms with van der Waals surface area (Å²) in [4.78, 5) is 25.7. The molecule has 2 aliphatic rings. The lowest BCUT2D eigenvalue weighted by Crippen LogP contribution is -2.66. The molecule has 1 N–H and O–H groups in total. The van der Waals surface area contributed by atoms with Gasteiger partial charge in [0.05, 0.1) is 12.3 Å². The number of rotatable bonds is 4. The molecule has 1 aliphatic carbocycles. The molecule has 0 unspecified atom stereocenters. The largest absolute Gasteiger partial charge is 0.345 e. The average Bonchev–Trinajstić information content (AvgIpc) is 2.78. The Labute approximate surface area is 113 Å². The Morgan fingerprint density at radius 1 is 1.26 bits per heavy atom. The highest BCUT2D eigenvalue weighted by Crippen LogP contribution is 2.37. The molecule has 2 amide bonds. The molecule has 1 saturated heterocycles. The fraction of sp³-hybridized carbons (Fsp3) is 0.833. The highest BCUT2D eigenvalue weighted by molar-refractivity contribution is 7.90. The Morgan fingerprint density at radius 2 is 1.89 bits per heavy atom. The van der Waals surface area contributed by atoms with Crippen molar-refractivity contribution in [2.45, 2.75) is 37.6 Å². The Bertz CT molecular complexity index is 480. The molecular weight excluding hydrogens is 268 g/mol. The van der Waals surface area contributed by atoms with Crippen LogP contribution in [0, 0.1) is 0 Å². The monoisotopic (exact) mass is 288 g/mol. The van der Waals surface area contributed by atoms with Gasteiger partial charge in [-0.15, -0.1) is 0 Å². The molecule has 1 heterocycles. The topological polar surface area (TPSA) is 83.6 Å². The van der Waals surface area contributed by atoms with Gasteiger partial charge in [0.1, 0.15) is 15.4 Å². The number of piperazine rings is 1. The average molecular weight is 288 g/mol. The molecule has 0 aromatic heterocycles. The van der Waals surface area contributed by atoms with E-state index in [1.165, 1.54) is 6.26 Å². The molecule has 19 heavy (non-hydrogen) atoms. The zero-order valence-electron chi connectivity index (χ0n) is 11.1. The lowest BCUT2D eigenvalue weighted by atomic mass is 9.91. The van der Waals surface area contributed by atoms with Gasteiger partial charge in [-0.3, -0.25) is 9.59 Å². The van der Waals surface area contributed by atoms with E-state index in [2.05, 4.69) is 5.32 Å². The van der Waals surface area contributed by atoms with Gasteiger partial charge in [-0.25, -0.2) is 8.42 Å². The fourth-order valence-corrected chi connectivity index (χ4v) is 3.71. The lowest BCUT2D eigenvalue weighted by molar-refractivity contribution is -0.153. The predicted molar refractivity (Wildman–Crippen MR) is 70.2 cm³/mol. The van der Waals surface area contributed by atoms with E-state index < -0.39 is 15.4 Å². The van der Waals surface area contributed by atoms with Crippen LogP contribution in [0.3, 0.4) is 0 Å². The summed E-state index contributed by atoms with van der Waals surface area (Å²) in [5.41, 5.74) is -0.715. The third-order valence-electron chi connectivity index (χ3n) is 3.97. The molecule has 7 heteroatoms. The lowest BCUT2D eigenvalue weighted by Gasteiger charge is -2.43. The number of nitrogens with one attached hydrogen (secondary N) is 1. The first kappa shape index (κ1) is 14.3. The zero-order chi connectivity index (χ0) is 14.1. The second kappa shape index (κ2) is 5.11. The van der Waals surface area contributed by atoms with Crippen molar-refractivity contribution in [3.8, 4) is 0 Å². The first-order valence-electron chi connectivity index (χ1n) is 6.62. The standard InChI is InChI=1S/C12H20N2O4S/c1-19(17,18)8-4-7-14-10(15)9-13-11(16)12(14)5-2-3-6-12/h2-9H2,1H3,(H,13,16). The van der Waals surface area contributed by atoms with Crippen molar-refractivity contribution in [1.29, 1.82) is 0 Å². The van der Waals surface area contributed by atoms with Gasteiger partial charge >= 0.3 is 0 Å². The van der Waals surface area contributed by atoms with Crippen LogP contribution < -0.4 is 5.32 Å². The molecule has 2 rings (SSSR count). The smallest absolute Gasteiger partial charge is 0.246 e. The Morgan fingerprint density at radius 3 is 2.47 bits per heavy atom. The van der Waals surface area contributed by atoms with E-state index in [1.54, 1.807) is 4.90 Å². The minimum absolute atomic E-state index is 0.0272. The molecule has 108 valence electrons. The quantitative estimate of drug-likeness (QED) is 0.769.